The lowest BCUT2D eigenvalue weighted by Crippen LogP contribution is -2.31. The number of aliphatic hydroxyl groups is 1. The van der Waals surface area contributed by atoms with Gasteiger partial charge in [-0.1, -0.05) is 17.7 Å². The van der Waals surface area contributed by atoms with E-state index in [-0.39, 0.29) is 46.5 Å². The molecule has 12 heteroatoms. The maximum absolute atomic E-state index is 14.4. The highest BCUT2D eigenvalue weighted by Gasteiger charge is 2.38. The topological polar surface area (TPSA) is 74.2 Å². The molecule has 0 radical (unpaired) electrons. The number of aromatic nitrogens is 4. The van der Waals surface area contributed by atoms with Crippen molar-refractivity contribution in [1.82, 2.24) is 18.9 Å². The third-order valence-electron chi connectivity index (χ3n) is 5.61. The standard InChI is InChI=1S/C23H21ClF4N4O3/c1-3-31-20(12-33)29-32(22(31)34)15-9-14-7-8-30(11-16-17(24)5-4-6-18(16)25)21(14)19(10-15)35-13(2)23(26,27)28/h4-10,13,33H,3,11-12H2,1-2H3/t13-/m1/s1. The third kappa shape index (κ3) is 4.65. The summed E-state index contributed by atoms with van der Waals surface area (Å²) in [4.78, 5) is 12.8. The van der Waals surface area contributed by atoms with E-state index < -0.39 is 30.4 Å². The monoisotopic (exact) mass is 512 g/mol. The fourth-order valence-corrected chi connectivity index (χ4v) is 4.01. The van der Waals surface area contributed by atoms with Gasteiger partial charge >= 0.3 is 11.9 Å². The predicted molar refractivity (Wildman–Crippen MR) is 122 cm³/mol. The number of hydrogen-bond donors (Lipinski definition) is 1. The van der Waals surface area contributed by atoms with Crippen LogP contribution in [0.1, 0.15) is 25.2 Å². The Morgan fingerprint density at radius 3 is 2.57 bits per heavy atom. The number of alkyl halides is 3. The Morgan fingerprint density at radius 1 is 1.23 bits per heavy atom. The van der Waals surface area contributed by atoms with Gasteiger partial charge in [-0.05, 0) is 38.1 Å². The summed E-state index contributed by atoms with van der Waals surface area (Å²) in [6, 6.07) is 8.63. The van der Waals surface area contributed by atoms with E-state index >= 15 is 0 Å². The van der Waals surface area contributed by atoms with E-state index in [0.29, 0.717) is 5.39 Å². The Morgan fingerprint density at radius 2 is 1.97 bits per heavy atom. The van der Waals surface area contributed by atoms with Crippen molar-refractivity contribution in [2.24, 2.45) is 0 Å². The van der Waals surface area contributed by atoms with Crippen LogP contribution in [0, 0.1) is 5.82 Å². The number of aliphatic hydroxyl groups excluding tert-OH is 1. The summed E-state index contributed by atoms with van der Waals surface area (Å²) in [5.41, 5.74) is 0.00400. The second-order valence-electron chi connectivity index (χ2n) is 7.84. The SMILES string of the molecule is CCn1c(CO)nn(-c2cc(O[C@H](C)C(F)(F)F)c3c(ccn3Cc3c(F)cccc3Cl)c2)c1=O. The van der Waals surface area contributed by atoms with Crippen molar-refractivity contribution < 1.29 is 27.4 Å². The second-order valence-corrected chi connectivity index (χ2v) is 8.25. The minimum absolute atomic E-state index is 0.0653. The van der Waals surface area contributed by atoms with Crippen molar-refractivity contribution in [3.63, 3.8) is 0 Å². The van der Waals surface area contributed by atoms with Crippen molar-refractivity contribution in [3.05, 3.63) is 75.3 Å². The summed E-state index contributed by atoms with van der Waals surface area (Å²) in [6.45, 7) is 2.24. The molecule has 2 aromatic carbocycles. The predicted octanol–water partition coefficient (Wildman–Crippen LogP) is 4.67. The van der Waals surface area contributed by atoms with Crippen molar-refractivity contribution in [1.29, 1.82) is 0 Å². The van der Waals surface area contributed by atoms with Crippen molar-refractivity contribution >= 4 is 22.5 Å². The van der Waals surface area contributed by atoms with Gasteiger partial charge < -0.3 is 14.4 Å². The first-order valence-corrected chi connectivity index (χ1v) is 11.0. The van der Waals surface area contributed by atoms with E-state index in [2.05, 4.69) is 5.10 Å². The van der Waals surface area contributed by atoms with Gasteiger partial charge in [0.1, 0.15) is 18.2 Å². The summed E-state index contributed by atoms with van der Waals surface area (Å²) < 4.78 is 63.5. The first kappa shape index (κ1) is 24.8. The maximum atomic E-state index is 14.4. The van der Waals surface area contributed by atoms with E-state index in [1.54, 1.807) is 25.3 Å². The number of ether oxygens (including phenoxy) is 1. The molecule has 0 spiro atoms. The minimum atomic E-state index is -4.65. The van der Waals surface area contributed by atoms with Crippen molar-refractivity contribution in [2.45, 2.75) is 45.8 Å². The van der Waals surface area contributed by atoms with Crippen LogP contribution < -0.4 is 10.4 Å². The molecule has 0 aliphatic carbocycles. The van der Waals surface area contributed by atoms with E-state index in [1.807, 2.05) is 0 Å². The van der Waals surface area contributed by atoms with Gasteiger partial charge in [0.25, 0.3) is 0 Å². The summed E-state index contributed by atoms with van der Waals surface area (Å²) in [5, 5.41) is 14.2. The Hall–Kier alpha value is -3.31. The maximum Gasteiger partial charge on any atom is 0.425 e. The normalized spacial score (nSPS) is 12.9. The van der Waals surface area contributed by atoms with Crippen LogP contribution in [0.3, 0.4) is 0 Å². The molecular formula is C23H21ClF4N4O3. The Balaban J connectivity index is 1.90. The molecule has 186 valence electrons. The molecule has 7 nitrogen and oxygen atoms in total. The van der Waals surface area contributed by atoms with Crippen LogP contribution in [-0.2, 0) is 19.7 Å². The highest BCUT2D eigenvalue weighted by atomic mass is 35.5. The third-order valence-corrected chi connectivity index (χ3v) is 5.96. The molecule has 0 aliphatic rings. The lowest BCUT2D eigenvalue weighted by Gasteiger charge is -2.20. The highest BCUT2D eigenvalue weighted by Crippen LogP contribution is 2.34. The van der Waals surface area contributed by atoms with Crippen LogP contribution in [0.5, 0.6) is 5.75 Å². The molecule has 0 saturated carbocycles. The molecule has 1 atom stereocenters. The smallest absolute Gasteiger partial charge is 0.425 e. The van der Waals surface area contributed by atoms with Gasteiger partial charge in [0.2, 0.25) is 0 Å². The minimum Gasteiger partial charge on any atom is -0.479 e. The number of nitrogens with zero attached hydrogens (tertiary/aromatic N) is 4. The second kappa shape index (κ2) is 9.38. The van der Waals surface area contributed by atoms with Gasteiger partial charge in [-0.3, -0.25) is 4.57 Å². The summed E-state index contributed by atoms with van der Waals surface area (Å²) >= 11 is 6.15. The molecular weight excluding hydrogens is 492 g/mol. The molecule has 4 aromatic rings. The van der Waals surface area contributed by atoms with Crippen LogP contribution >= 0.6 is 11.6 Å². The van der Waals surface area contributed by atoms with E-state index in [9.17, 15) is 27.5 Å². The molecule has 35 heavy (non-hydrogen) atoms. The first-order chi connectivity index (χ1) is 16.5. The lowest BCUT2D eigenvalue weighted by molar-refractivity contribution is -0.189. The molecule has 2 aromatic heterocycles. The molecule has 0 unspecified atom stereocenters. The largest absolute Gasteiger partial charge is 0.479 e. The van der Waals surface area contributed by atoms with Crippen LogP contribution in [0.15, 0.2) is 47.4 Å². The van der Waals surface area contributed by atoms with Gasteiger partial charge in [0.05, 0.1) is 17.7 Å². The van der Waals surface area contributed by atoms with Crippen LogP contribution in [0.4, 0.5) is 17.6 Å². The van der Waals surface area contributed by atoms with Crippen molar-refractivity contribution in [2.75, 3.05) is 0 Å². The highest BCUT2D eigenvalue weighted by molar-refractivity contribution is 6.31. The summed E-state index contributed by atoms with van der Waals surface area (Å²) in [7, 11) is 0. The lowest BCUT2D eigenvalue weighted by atomic mass is 10.2. The fourth-order valence-electron chi connectivity index (χ4n) is 3.79. The fraction of sp³-hybridized carbons (Fsp3) is 0.304. The van der Waals surface area contributed by atoms with Gasteiger partial charge in [0.15, 0.2) is 11.9 Å². The number of rotatable bonds is 7. The zero-order valence-electron chi connectivity index (χ0n) is 18.7. The number of halogens is 5. The van der Waals surface area contributed by atoms with Gasteiger partial charge in [0, 0.05) is 34.8 Å². The number of fused-ring (bicyclic) bond motifs is 1. The molecule has 0 amide bonds. The average Bonchev–Trinajstić information content (AvgIpc) is 3.35. The van der Waals surface area contributed by atoms with Gasteiger partial charge in [-0.15, -0.1) is 5.10 Å². The quantitative estimate of drug-likeness (QED) is 0.365. The molecule has 1 N–H and O–H groups in total. The van der Waals surface area contributed by atoms with Crippen LogP contribution in [0.25, 0.3) is 16.6 Å². The van der Waals surface area contributed by atoms with Gasteiger partial charge in [-0.2, -0.15) is 17.9 Å². The summed E-state index contributed by atoms with van der Waals surface area (Å²) in [5.74, 6) is -0.630. The van der Waals surface area contributed by atoms with E-state index in [4.69, 9.17) is 16.3 Å². The molecule has 4 rings (SSSR count). The van der Waals surface area contributed by atoms with Crippen LogP contribution in [0.2, 0.25) is 5.02 Å². The zero-order valence-corrected chi connectivity index (χ0v) is 19.4. The summed E-state index contributed by atoms with van der Waals surface area (Å²) in [6.07, 6.45) is -5.26. The molecule has 0 fully saturated rings. The average molecular weight is 513 g/mol. The Labute approximate surface area is 201 Å². The molecule has 2 heterocycles. The molecule has 0 aliphatic heterocycles. The Kier molecular flexibility index (Phi) is 6.65. The number of hydrogen-bond acceptors (Lipinski definition) is 4. The molecule has 0 saturated heterocycles. The van der Waals surface area contributed by atoms with Crippen LogP contribution in [-0.4, -0.2) is 36.3 Å². The zero-order chi connectivity index (χ0) is 25.5. The van der Waals surface area contributed by atoms with Crippen molar-refractivity contribution in [3.8, 4) is 11.4 Å². The number of benzene rings is 2. The first-order valence-electron chi connectivity index (χ1n) is 10.6. The van der Waals surface area contributed by atoms with Gasteiger partial charge in [-0.25, -0.2) is 9.18 Å². The Bertz CT molecular complexity index is 1420. The van der Waals surface area contributed by atoms with E-state index in [0.717, 1.165) is 11.6 Å². The molecule has 0 bridgehead atoms. The van der Waals surface area contributed by atoms with E-state index in [1.165, 1.54) is 33.4 Å².